The monoisotopic (exact) mass is 396 g/mol. The topological polar surface area (TPSA) is 102 Å². The van der Waals surface area contributed by atoms with Crippen LogP contribution in [0.1, 0.15) is 17.3 Å². The molecule has 29 heavy (non-hydrogen) atoms. The van der Waals surface area contributed by atoms with Gasteiger partial charge < -0.3 is 20.1 Å². The summed E-state index contributed by atoms with van der Waals surface area (Å²) in [6, 6.07) is 10.4. The third-order valence-corrected chi connectivity index (χ3v) is 3.67. The molecule has 2 aromatic heterocycles. The lowest BCUT2D eigenvalue weighted by Crippen LogP contribution is -2.07. The quantitative estimate of drug-likeness (QED) is 0.609. The third-order valence-electron chi connectivity index (χ3n) is 3.67. The van der Waals surface area contributed by atoms with Gasteiger partial charge in [0.15, 0.2) is 11.6 Å². The molecule has 9 heteroatoms. The lowest BCUT2D eigenvalue weighted by Gasteiger charge is -2.12. The Bertz CT molecular complexity index is 1060. The standard InChI is InChI=1S/C20H17FN4O4/c1-12(26)24-18-11-14(7-9-22-18)29-17-6-5-13(10-16(17)21)25-19-15(20(27)28-2)4-3-8-23-19/h3-11H,1-2H3,(H,23,25)(H,22,24,26). The summed E-state index contributed by atoms with van der Waals surface area (Å²) in [4.78, 5) is 31.0. The van der Waals surface area contributed by atoms with Crippen LogP contribution in [-0.2, 0) is 9.53 Å². The molecule has 0 spiro atoms. The first-order chi connectivity index (χ1) is 14.0. The Morgan fingerprint density at radius 3 is 2.62 bits per heavy atom. The van der Waals surface area contributed by atoms with Crippen molar-refractivity contribution in [1.29, 1.82) is 0 Å². The smallest absolute Gasteiger partial charge is 0.341 e. The number of halogens is 1. The van der Waals surface area contributed by atoms with Gasteiger partial charge in [0, 0.05) is 37.1 Å². The summed E-state index contributed by atoms with van der Waals surface area (Å²) in [5, 5.41) is 5.41. The van der Waals surface area contributed by atoms with Crippen molar-refractivity contribution < 1.29 is 23.5 Å². The number of pyridine rings is 2. The van der Waals surface area contributed by atoms with Gasteiger partial charge in [0.2, 0.25) is 5.91 Å². The van der Waals surface area contributed by atoms with Gasteiger partial charge in [0.1, 0.15) is 22.9 Å². The summed E-state index contributed by atoms with van der Waals surface area (Å²) >= 11 is 0. The Kier molecular flexibility index (Phi) is 5.98. The molecule has 0 saturated heterocycles. The first kappa shape index (κ1) is 19.7. The van der Waals surface area contributed by atoms with Crippen LogP contribution in [0.5, 0.6) is 11.5 Å². The van der Waals surface area contributed by atoms with E-state index in [9.17, 15) is 14.0 Å². The average molecular weight is 396 g/mol. The molecule has 1 aromatic carbocycles. The summed E-state index contributed by atoms with van der Waals surface area (Å²) < 4.78 is 24.8. The maximum atomic E-state index is 14.5. The predicted octanol–water partition coefficient (Wildman–Crippen LogP) is 3.90. The molecule has 148 valence electrons. The van der Waals surface area contributed by atoms with Crippen molar-refractivity contribution in [2.24, 2.45) is 0 Å². The van der Waals surface area contributed by atoms with Gasteiger partial charge >= 0.3 is 5.97 Å². The molecule has 0 aliphatic rings. The molecular weight excluding hydrogens is 379 g/mol. The first-order valence-corrected chi connectivity index (χ1v) is 8.47. The average Bonchev–Trinajstić information content (AvgIpc) is 2.70. The van der Waals surface area contributed by atoms with Crippen LogP contribution in [0, 0.1) is 5.82 Å². The van der Waals surface area contributed by atoms with Gasteiger partial charge in [-0.3, -0.25) is 4.79 Å². The van der Waals surface area contributed by atoms with E-state index in [2.05, 4.69) is 20.6 Å². The SMILES string of the molecule is COC(=O)c1cccnc1Nc1ccc(Oc2ccnc(NC(C)=O)c2)c(F)c1. The van der Waals surface area contributed by atoms with Gasteiger partial charge in [0.25, 0.3) is 0 Å². The maximum absolute atomic E-state index is 14.5. The number of anilines is 3. The zero-order chi connectivity index (χ0) is 20.8. The van der Waals surface area contributed by atoms with Crippen LogP contribution in [0.2, 0.25) is 0 Å². The molecule has 1 amide bonds. The Balaban J connectivity index is 1.78. The molecule has 0 fully saturated rings. The summed E-state index contributed by atoms with van der Waals surface area (Å²) in [5.41, 5.74) is 0.588. The zero-order valence-electron chi connectivity index (χ0n) is 15.6. The fourth-order valence-electron chi connectivity index (χ4n) is 2.43. The van der Waals surface area contributed by atoms with Crippen LogP contribution in [-0.4, -0.2) is 29.0 Å². The second-order valence-electron chi connectivity index (χ2n) is 5.82. The molecule has 0 saturated carbocycles. The second kappa shape index (κ2) is 8.79. The summed E-state index contributed by atoms with van der Waals surface area (Å²) in [6.45, 7) is 1.35. The van der Waals surface area contributed by atoms with Gasteiger partial charge in [-0.2, -0.15) is 0 Å². The highest BCUT2D eigenvalue weighted by molar-refractivity contribution is 5.95. The molecular formula is C20H17FN4O4. The fraction of sp³-hybridized carbons (Fsp3) is 0.100. The van der Waals surface area contributed by atoms with Crippen LogP contribution in [0.3, 0.4) is 0 Å². The number of amides is 1. The number of benzene rings is 1. The predicted molar refractivity (Wildman–Crippen MR) is 104 cm³/mol. The molecule has 3 rings (SSSR count). The normalized spacial score (nSPS) is 10.2. The fourth-order valence-corrected chi connectivity index (χ4v) is 2.43. The highest BCUT2D eigenvalue weighted by Gasteiger charge is 2.14. The summed E-state index contributed by atoms with van der Waals surface area (Å²) in [6.07, 6.45) is 2.93. The van der Waals surface area contributed by atoms with Gasteiger partial charge in [-0.05, 0) is 30.3 Å². The van der Waals surface area contributed by atoms with Crippen molar-refractivity contribution in [3.63, 3.8) is 0 Å². The first-order valence-electron chi connectivity index (χ1n) is 8.47. The van der Waals surface area contributed by atoms with Gasteiger partial charge in [0.05, 0.1) is 7.11 Å². The molecule has 2 heterocycles. The number of nitrogens with one attached hydrogen (secondary N) is 2. The summed E-state index contributed by atoms with van der Waals surface area (Å²) in [7, 11) is 1.27. The van der Waals surface area contributed by atoms with E-state index in [0.29, 0.717) is 17.3 Å². The highest BCUT2D eigenvalue weighted by Crippen LogP contribution is 2.29. The van der Waals surface area contributed by atoms with E-state index >= 15 is 0 Å². The van der Waals surface area contributed by atoms with E-state index < -0.39 is 11.8 Å². The lowest BCUT2D eigenvalue weighted by molar-refractivity contribution is -0.114. The van der Waals surface area contributed by atoms with Crippen molar-refractivity contribution in [1.82, 2.24) is 9.97 Å². The van der Waals surface area contributed by atoms with Crippen LogP contribution in [0.4, 0.5) is 21.7 Å². The maximum Gasteiger partial charge on any atom is 0.341 e. The largest absolute Gasteiger partial charge is 0.465 e. The van der Waals surface area contributed by atoms with Crippen molar-refractivity contribution in [3.05, 3.63) is 66.2 Å². The minimum atomic E-state index is -0.636. The number of carbonyl (C=O) groups excluding carboxylic acids is 2. The number of ether oxygens (including phenoxy) is 2. The van der Waals surface area contributed by atoms with E-state index in [1.54, 1.807) is 18.2 Å². The number of aromatic nitrogens is 2. The molecule has 3 aromatic rings. The van der Waals surface area contributed by atoms with E-state index in [0.717, 1.165) is 0 Å². The molecule has 0 radical (unpaired) electrons. The lowest BCUT2D eigenvalue weighted by atomic mass is 10.2. The molecule has 0 unspecified atom stereocenters. The van der Waals surface area contributed by atoms with Crippen LogP contribution in [0.25, 0.3) is 0 Å². The minimum absolute atomic E-state index is 0.0234. The number of carbonyl (C=O) groups is 2. The molecule has 0 aliphatic heterocycles. The highest BCUT2D eigenvalue weighted by atomic mass is 19.1. The van der Waals surface area contributed by atoms with Crippen molar-refractivity contribution in [2.75, 3.05) is 17.7 Å². The zero-order valence-corrected chi connectivity index (χ0v) is 15.6. The number of hydrogen-bond donors (Lipinski definition) is 2. The van der Waals surface area contributed by atoms with Gasteiger partial charge in [-0.15, -0.1) is 0 Å². The van der Waals surface area contributed by atoms with E-state index in [1.165, 1.54) is 50.7 Å². The Morgan fingerprint density at radius 1 is 1.07 bits per heavy atom. The number of hydrogen-bond acceptors (Lipinski definition) is 7. The second-order valence-corrected chi connectivity index (χ2v) is 5.82. The Hall–Kier alpha value is -4.01. The molecule has 2 N–H and O–H groups in total. The number of rotatable bonds is 6. The van der Waals surface area contributed by atoms with Crippen molar-refractivity contribution in [2.45, 2.75) is 6.92 Å². The van der Waals surface area contributed by atoms with Crippen molar-refractivity contribution >= 4 is 29.2 Å². The number of nitrogens with zero attached hydrogens (tertiary/aromatic N) is 2. The van der Waals surface area contributed by atoms with E-state index in [1.807, 2.05) is 0 Å². The van der Waals surface area contributed by atoms with E-state index in [-0.39, 0.29) is 23.0 Å². The molecule has 0 bridgehead atoms. The molecule has 0 aliphatic carbocycles. The van der Waals surface area contributed by atoms with Gasteiger partial charge in [-0.1, -0.05) is 0 Å². The summed E-state index contributed by atoms with van der Waals surface area (Å²) in [5.74, 6) is -0.666. The number of methoxy groups -OCH3 is 1. The van der Waals surface area contributed by atoms with Crippen LogP contribution < -0.4 is 15.4 Å². The molecule has 0 atom stereocenters. The van der Waals surface area contributed by atoms with Crippen LogP contribution in [0.15, 0.2) is 54.9 Å². The molecule has 8 nitrogen and oxygen atoms in total. The van der Waals surface area contributed by atoms with Gasteiger partial charge in [-0.25, -0.2) is 19.2 Å². The van der Waals surface area contributed by atoms with E-state index in [4.69, 9.17) is 9.47 Å². The van der Waals surface area contributed by atoms with Crippen LogP contribution >= 0.6 is 0 Å². The third kappa shape index (κ3) is 5.04. The number of esters is 1. The van der Waals surface area contributed by atoms with Crippen molar-refractivity contribution in [3.8, 4) is 11.5 Å². The minimum Gasteiger partial charge on any atom is -0.465 e. The Labute approximate surface area is 165 Å². The Morgan fingerprint density at radius 2 is 1.90 bits per heavy atom.